The van der Waals surface area contributed by atoms with Crippen molar-refractivity contribution in [3.8, 4) is 0 Å². The van der Waals surface area contributed by atoms with E-state index >= 15 is 0 Å². The maximum absolute atomic E-state index is 13.4. The standard InChI is InChI=1S/C39H49F3N4O3/c1-28(2)35-6-4-5-25-48-36(43-35)32-15-20-45(21-16-32)37(47)33-11-7-31(8-12-33)27-46-24-19-38(49-29(46)3)17-22-44(23-18-38)26-30-9-13-34(14-10-30)39(40,41)42/h6-14,28,32H,3-5,15-27H2,1-2H3/b35-6+,43-36?. The number of nitrogens with zero attached hydrogens (tertiary/aromatic N) is 4. The molecule has 4 aliphatic rings. The van der Waals surface area contributed by atoms with Crippen LogP contribution in [-0.2, 0) is 28.7 Å². The molecule has 10 heteroatoms. The summed E-state index contributed by atoms with van der Waals surface area (Å²) in [4.78, 5) is 24.7. The number of aliphatic imine (C=N–C) groups is 1. The van der Waals surface area contributed by atoms with Gasteiger partial charge in [-0.3, -0.25) is 9.69 Å². The molecule has 1 spiro atoms. The van der Waals surface area contributed by atoms with Gasteiger partial charge in [0.1, 0.15) is 5.60 Å². The first-order valence-electron chi connectivity index (χ1n) is 17.8. The highest BCUT2D eigenvalue weighted by Crippen LogP contribution is 2.38. The molecular formula is C39H49F3N4O3. The number of benzene rings is 2. The first-order valence-corrected chi connectivity index (χ1v) is 17.8. The van der Waals surface area contributed by atoms with Gasteiger partial charge in [0, 0.05) is 82.3 Å². The molecule has 264 valence electrons. The number of ether oxygens (including phenoxy) is 2. The van der Waals surface area contributed by atoms with E-state index in [4.69, 9.17) is 14.5 Å². The molecule has 0 aromatic heterocycles. The Bertz CT molecular complexity index is 1520. The molecule has 6 rings (SSSR count). The molecule has 3 saturated heterocycles. The zero-order valence-corrected chi connectivity index (χ0v) is 28.8. The molecule has 0 saturated carbocycles. The lowest BCUT2D eigenvalue weighted by atomic mass is 9.86. The van der Waals surface area contributed by atoms with Gasteiger partial charge in [0.05, 0.1) is 12.2 Å². The van der Waals surface area contributed by atoms with Gasteiger partial charge >= 0.3 is 6.18 Å². The maximum atomic E-state index is 13.4. The van der Waals surface area contributed by atoms with Crippen LogP contribution in [0.4, 0.5) is 13.2 Å². The third-order valence-corrected chi connectivity index (χ3v) is 10.5. The lowest BCUT2D eigenvalue weighted by Gasteiger charge is -2.48. The Morgan fingerprint density at radius 1 is 0.939 bits per heavy atom. The van der Waals surface area contributed by atoms with Crippen molar-refractivity contribution in [2.75, 3.05) is 39.3 Å². The molecule has 2 aromatic rings. The zero-order chi connectivity index (χ0) is 34.6. The normalized spacial score (nSPS) is 22.1. The van der Waals surface area contributed by atoms with Crippen molar-refractivity contribution in [3.05, 3.63) is 95.0 Å². The van der Waals surface area contributed by atoms with Crippen molar-refractivity contribution in [2.24, 2.45) is 16.8 Å². The summed E-state index contributed by atoms with van der Waals surface area (Å²) in [6, 6.07) is 13.3. The highest BCUT2D eigenvalue weighted by Gasteiger charge is 2.41. The Balaban J connectivity index is 0.954. The fourth-order valence-electron chi connectivity index (χ4n) is 7.30. The summed E-state index contributed by atoms with van der Waals surface area (Å²) in [6.07, 6.45) is 4.22. The van der Waals surface area contributed by atoms with Crippen LogP contribution in [0.1, 0.15) is 85.8 Å². The molecule has 4 aliphatic heterocycles. The van der Waals surface area contributed by atoms with Gasteiger partial charge in [-0.2, -0.15) is 13.2 Å². The monoisotopic (exact) mass is 678 g/mol. The van der Waals surface area contributed by atoms with Crippen LogP contribution in [0.5, 0.6) is 0 Å². The minimum Gasteiger partial charge on any atom is -0.481 e. The van der Waals surface area contributed by atoms with Crippen LogP contribution in [0, 0.1) is 11.8 Å². The summed E-state index contributed by atoms with van der Waals surface area (Å²) in [6.45, 7) is 14.4. The number of rotatable bonds is 7. The molecule has 7 nitrogen and oxygen atoms in total. The van der Waals surface area contributed by atoms with E-state index in [0.29, 0.717) is 50.2 Å². The lowest BCUT2D eigenvalue weighted by Crippen LogP contribution is -2.51. The van der Waals surface area contributed by atoms with E-state index < -0.39 is 11.7 Å². The highest BCUT2D eigenvalue weighted by atomic mass is 19.4. The van der Waals surface area contributed by atoms with Gasteiger partial charge in [-0.25, -0.2) is 4.99 Å². The Morgan fingerprint density at radius 2 is 1.57 bits per heavy atom. The van der Waals surface area contributed by atoms with Crippen LogP contribution >= 0.6 is 0 Å². The number of piperidine rings is 2. The minimum atomic E-state index is -4.32. The zero-order valence-electron chi connectivity index (χ0n) is 28.8. The number of amides is 1. The summed E-state index contributed by atoms with van der Waals surface area (Å²) < 4.78 is 51.3. The Morgan fingerprint density at radius 3 is 2.20 bits per heavy atom. The summed E-state index contributed by atoms with van der Waals surface area (Å²) >= 11 is 0. The van der Waals surface area contributed by atoms with Crippen LogP contribution in [0.3, 0.4) is 0 Å². The van der Waals surface area contributed by atoms with Crippen molar-refractivity contribution in [3.63, 3.8) is 0 Å². The summed E-state index contributed by atoms with van der Waals surface area (Å²) in [5.41, 5.74) is 2.90. The third-order valence-electron chi connectivity index (χ3n) is 10.5. The quantitative estimate of drug-likeness (QED) is 0.297. The van der Waals surface area contributed by atoms with Crippen molar-refractivity contribution >= 4 is 11.8 Å². The molecule has 49 heavy (non-hydrogen) atoms. The van der Waals surface area contributed by atoms with Crippen molar-refractivity contribution in [1.29, 1.82) is 0 Å². The molecule has 0 aliphatic carbocycles. The van der Waals surface area contributed by atoms with Gasteiger partial charge in [0.25, 0.3) is 5.91 Å². The minimum absolute atomic E-state index is 0.0608. The Hall–Kier alpha value is -3.79. The third kappa shape index (κ3) is 8.69. The van der Waals surface area contributed by atoms with Crippen LogP contribution in [-0.4, -0.2) is 71.4 Å². The summed E-state index contributed by atoms with van der Waals surface area (Å²) in [5, 5.41) is 0. The molecule has 2 aromatic carbocycles. The van der Waals surface area contributed by atoms with Crippen LogP contribution in [0.25, 0.3) is 0 Å². The molecule has 0 unspecified atom stereocenters. The second-order valence-corrected chi connectivity index (χ2v) is 14.3. The van der Waals surface area contributed by atoms with Crippen molar-refractivity contribution in [1.82, 2.24) is 14.7 Å². The number of halogens is 3. The predicted octanol–water partition coefficient (Wildman–Crippen LogP) is 8.03. The summed E-state index contributed by atoms with van der Waals surface area (Å²) in [5.74, 6) is 2.17. The molecule has 0 bridgehead atoms. The number of alkyl halides is 3. The number of hydrogen-bond donors (Lipinski definition) is 0. The van der Waals surface area contributed by atoms with Gasteiger partial charge in [-0.1, -0.05) is 44.2 Å². The number of likely N-dealkylation sites (tertiary alicyclic amines) is 2. The van der Waals surface area contributed by atoms with E-state index in [2.05, 4.69) is 36.3 Å². The Kier molecular flexibility index (Phi) is 10.7. The van der Waals surface area contributed by atoms with Gasteiger partial charge in [-0.05, 0) is 73.6 Å². The molecule has 1 amide bonds. The van der Waals surface area contributed by atoms with Gasteiger partial charge in [-0.15, -0.1) is 0 Å². The maximum Gasteiger partial charge on any atom is 0.416 e. The highest BCUT2D eigenvalue weighted by molar-refractivity contribution is 5.94. The smallest absolute Gasteiger partial charge is 0.416 e. The number of carbonyl (C=O) groups excluding carboxylic acids is 1. The van der Waals surface area contributed by atoms with E-state index in [0.717, 1.165) is 99.4 Å². The van der Waals surface area contributed by atoms with E-state index in [9.17, 15) is 18.0 Å². The molecule has 3 fully saturated rings. The molecule has 0 radical (unpaired) electrons. The van der Waals surface area contributed by atoms with E-state index in [1.807, 2.05) is 29.2 Å². The van der Waals surface area contributed by atoms with Gasteiger partial charge in [0.15, 0.2) is 11.8 Å². The number of carbonyl (C=O) groups is 1. The average molecular weight is 679 g/mol. The first kappa shape index (κ1) is 35.1. The van der Waals surface area contributed by atoms with E-state index in [-0.39, 0.29) is 17.4 Å². The summed E-state index contributed by atoms with van der Waals surface area (Å²) in [7, 11) is 0. The SMILES string of the molecule is C=C1OC2(CCN(Cc3ccc(C(F)(F)F)cc3)CC2)CCN1Cc1ccc(C(=O)N2CCC(C3=N/C(C(C)C)=C/CCCO3)CC2)cc1. The second-order valence-electron chi connectivity index (χ2n) is 14.3. The first-order chi connectivity index (χ1) is 23.5. The molecule has 4 heterocycles. The van der Waals surface area contributed by atoms with Gasteiger partial charge in [0.2, 0.25) is 0 Å². The largest absolute Gasteiger partial charge is 0.481 e. The predicted molar refractivity (Wildman–Crippen MR) is 185 cm³/mol. The molecular weight excluding hydrogens is 629 g/mol. The second kappa shape index (κ2) is 15.0. The average Bonchev–Trinajstić information content (AvgIpc) is 3.07. The van der Waals surface area contributed by atoms with E-state index in [1.54, 1.807) is 12.1 Å². The number of allylic oxidation sites excluding steroid dienone is 2. The Labute approximate surface area is 288 Å². The lowest BCUT2D eigenvalue weighted by molar-refractivity contribution is -0.137. The fourth-order valence-corrected chi connectivity index (χ4v) is 7.30. The topological polar surface area (TPSA) is 57.6 Å². The number of hydrogen-bond acceptors (Lipinski definition) is 6. The molecule has 0 N–H and O–H groups in total. The van der Waals surface area contributed by atoms with E-state index in [1.165, 1.54) is 0 Å². The van der Waals surface area contributed by atoms with Crippen LogP contribution < -0.4 is 0 Å². The van der Waals surface area contributed by atoms with Gasteiger partial charge < -0.3 is 19.3 Å². The molecule has 0 atom stereocenters. The fraction of sp³-hybridized carbons (Fsp3) is 0.538. The van der Waals surface area contributed by atoms with Crippen molar-refractivity contribution in [2.45, 2.75) is 83.7 Å². The van der Waals surface area contributed by atoms with Crippen molar-refractivity contribution < 1.29 is 27.4 Å². The van der Waals surface area contributed by atoms with Crippen LogP contribution in [0.15, 0.2) is 77.8 Å². The van der Waals surface area contributed by atoms with Crippen LogP contribution in [0.2, 0.25) is 0 Å².